The SMILES string of the molecule is CC(N)Cc1ccc(N2CC(C)OC(C)C2)c(Cl)c1. The van der Waals surface area contributed by atoms with Crippen LogP contribution < -0.4 is 10.6 Å². The average molecular weight is 283 g/mol. The van der Waals surface area contributed by atoms with E-state index < -0.39 is 0 Å². The summed E-state index contributed by atoms with van der Waals surface area (Å²) in [7, 11) is 0. The van der Waals surface area contributed by atoms with Crippen LogP contribution in [-0.4, -0.2) is 31.3 Å². The topological polar surface area (TPSA) is 38.5 Å². The Balaban J connectivity index is 2.16. The molecule has 1 saturated heterocycles. The Morgan fingerprint density at radius 3 is 2.53 bits per heavy atom. The monoisotopic (exact) mass is 282 g/mol. The van der Waals surface area contributed by atoms with Crippen molar-refractivity contribution < 1.29 is 4.74 Å². The van der Waals surface area contributed by atoms with E-state index in [-0.39, 0.29) is 18.2 Å². The van der Waals surface area contributed by atoms with Gasteiger partial charge in [0.15, 0.2) is 0 Å². The predicted molar refractivity (Wildman–Crippen MR) is 81.0 cm³/mol. The van der Waals surface area contributed by atoms with Gasteiger partial charge in [0.05, 0.1) is 22.9 Å². The van der Waals surface area contributed by atoms with Crippen molar-refractivity contribution in [2.75, 3.05) is 18.0 Å². The zero-order valence-corrected chi connectivity index (χ0v) is 12.7. The number of nitrogens with two attached hydrogens (primary N) is 1. The Labute approximate surface area is 120 Å². The molecule has 1 aromatic carbocycles. The molecule has 2 rings (SSSR count). The normalized spacial score (nSPS) is 25.4. The molecule has 1 fully saturated rings. The maximum Gasteiger partial charge on any atom is 0.0726 e. The zero-order valence-electron chi connectivity index (χ0n) is 11.9. The number of benzene rings is 1. The van der Waals surface area contributed by atoms with Crippen LogP contribution in [0.1, 0.15) is 26.3 Å². The Morgan fingerprint density at radius 2 is 2.00 bits per heavy atom. The number of morpholine rings is 1. The first-order chi connectivity index (χ1) is 8.95. The summed E-state index contributed by atoms with van der Waals surface area (Å²) in [5, 5.41) is 0.805. The summed E-state index contributed by atoms with van der Waals surface area (Å²) in [4.78, 5) is 2.30. The maximum absolute atomic E-state index is 6.42. The molecule has 19 heavy (non-hydrogen) atoms. The molecule has 3 nitrogen and oxygen atoms in total. The van der Waals surface area contributed by atoms with Crippen LogP contribution in [0.4, 0.5) is 5.69 Å². The summed E-state index contributed by atoms with van der Waals surface area (Å²) in [5.74, 6) is 0. The van der Waals surface area contributed by atoms with Crippen molar-refractivity contribution in [3.63, 3.8) is 0 Å². The van der Waals surface area contributed by atoms with E-state index in [0.717, 1.165) is 30.2 Å². The highest BCUT2D eigenvalue weighted by Gasteiger charge is 2.23. The molecule has 3 unspecified atom stereocenters. The second kappa shape index (κ2) is 6.12. The minimum atomic E-state index is 0.158. The second-order valence-corrected chi connectivity index (χ2v) is 6.04. The number of ether oxygens (including phenoxy) is 1. The average Bonchev–Trinajstić information content (AvgIpc) is 2.26. The van der Waals surface area contributed by atoms with Crippen LogP contribution in [0.25, 0.3) is 0 Å². The summed E-state index contributed by atoms with van der Waals surface area (Å²) in [6.07, 6.45) is 1.34. The largest absolute Gasteiger partial charge is 0.372 e. The first-order valence-corrected chi connectivity index (χ1v) is 7.28. The molecule has 0 aliphatic carbocycles. The molecule has 1 aliphatic rings. The van der Waals surface area contributed by atoms with Crippen LogP contribution in [0.3, 0.4) is 0 Å². The van der Waals surface area contributed by atoms with Gasteiger partial charge >= 0.3 is 0 Å². The van der Waals surface area contributed by atoms with E-state index in [1.807, 2.05) is 13.0 Å². The number of hydrogen-bond donors (Lipinski definition) is 1. The van der Waals surface area contributed by atoms with Gasteiger partial charge in [0, 0.05) is 19.1 Å². The van der Waals surface area contributed by atoms with Crippen LogP contribution in [-0.2, 0) is 11.2 Å². The maximum atomic E-state index is 6.42. The minimum Gasteiger partial charge on any atom is -0.372 e. The first-order valence-electron chi connectivity index (χ1n) is 6.90. The van der Waals surface area contributed by atoms with Gasteiger partial charge in [0.25, 0.3) is 0 Å². The van der Waals surface area contributed by atoms with Crippen molar-refractivity contribution >= 4 is 17.3 Å². The van der Waals surface area contributed by atoms with E-state index >= 15 is 0 Å². The van der Waals surface area contributed by atoms with Gasteiger partial charge in [-0.25, -0.2) is 0 Å². The van der Waals surface area contributed by atoms with E-state index in [4.69, 9.17) is 22.1 Å². The lowest BCUT2D eigenvalue weighted by Gasteiger charge is -2.37. The predicted octanol–water partition coefficient (Wildman–Crippen LogP) is 2.84. The van der Waals surface area contributed by atoms with Crippen molar-refractivity contribution in [2.45, 2.75) is 45.4 Å². The highest BCUT2D eigenvalue weighted by molar-refractivity contribution is 6.33. The Kier molecular flexibility index (Phi) is 4.71. The smallest absolute Gasteiger partial charge is 0.0726 e. The molecule has 0 aromatic heterocycles. The van der Waals surface area contributed by atoms with Gasteiger partial charge in [-0.1, -0.05) is 17.7 Å². The van der Waals surface area contributed by atoms with Crippen LogP contribution in [0.15, 0.2) is 18.2 Å². The molecule has 0 saturated carbocycles. The van der Waals surface area contributed by atoms with E-state index in [9.17, 15) is 0 Å². The van der Waals surface area contributed by atoms with E-state index in [1.165, 1.54) is 5.56 Å². The van der Waals surface area contributed by atoms with Gasteiger partial charge in [0.2, 0.25) is 0 Å². The highest BCUT2D eigenvalue weighted by atomic mass is 35.5. The van der Waals surface area contributed by atoms with Crippen molar-refractivity contribution in [1.82, 2.24) is 0 Å². The quantitative estimate of drug-likeness (QED) is 0.926. The molecular weight excluding hydrogens is 260 g/mol. The number of hydrogen-bond acceptors (Lipinski definition) is 3. The lowest BCUT2D eigenvalue weighted by molar-refractivity contribution is -0.00520. The molecule has 0 spiro atoms. The van der Waals surface area contributed by atoms with Gasteiger partial charge in [-0.2, -0.15) is 0 Å². The van der Waals surface area contributed by atoms with Crippen molar-refractivity contribution in [2.24, 2.45) is 5.73 Å². The van der Waals surface area contributed by atoms with Gasteiger partial charge in [-0.15, -0.1) is 0 Å². The first kappa shape index (κ1) is 14.6. The number of anilines is 1. The number of nitrogens with zero attached hydrogens (tertiary/aromatic N) is 1. The van der Waals surface area contributed by atoms with Crippen molar-refractivity contribution in [3.05, 3.63) is 28.8 Å². The molecule has 2 N–H and O–H groups in total. The molecule has 106 valence electrons. The fraction of sp³-hybridized carbons (Fsp3) is 0.600. The third-order valence-electron chi connectivity index (χ3n) is 3.33. The van der Waals surface area contributed by atoms with Crippen molar-refractivity contribution in [1.29, 1.82) is 0 Å². The molecule has 0 bridgehead atoms. The van der Waals surface area contributed by atoms with E-state index in [0.29, 0.717) is 0 Å². The van der Waals surface area contributed by atoms with E-state index in [1.54, 1.807) is 0 Å². The van der Waals surface area contributed by atoms with E-state index in [2.05, 4.69) is 30.9 Å². The fourth-order valence-corrected chi connectivity index (χ4v) is 3.00. The summed E-state index contributed by atoms with van der Waals surface area (Å²) >= 11 is 6.42. The molecular formula is C15H23ClN2O. The van der Waals surface area contributed by atoms with Gasteiger partial charge in [-0.05, 0) is 44.9 Å². The van der Waals surface area contributed by atoms with Crippen LogP contribution in [0.5, 0.6) is 0 Å². The standard InChI is InChI=1S/C15H23ClN2O/c1-10(17)6-13-4-5-15(14(16)7-13)18-8-11(2)19-12(3)9-18/h4-5,7,10-12H,6,8-9,17H2,1-3H3. The third-order valence-corrected chi connectivity index (χ3v) is 3.63. The Morgan fingerprint density at radius 1 is 1.37 bits per heavy atom. The Bertz CT molecular complexity index is 426. The van der Waals surface area contributed by atoms with Crippen LogP contribution in [0, 0.1) is 0 Å². The number of rotatable bonds is 3. The summed E-state index contributed by atoms with van der Waals surface area (Å²) in [6.45, 7) is 7.97. The summed E-state index contributed by atoms with van der Waals surface area (Å²) in [5.41, 5.74) is 8.11. The molecule has 0 amide bonds. The molecule has 1 aliphatic heterocycles. The summed E-state index contributed by atoms with van der Waals surface area (Å²) < 4.78 is 5.75. The Hall–Kier alpha value is -0.770. The number of halogens is 1. The fourth-order valence-electron chi connectivity index (χ4n) is 2.68. The second-order valence-electron chi connectivity index (χ2n) is 5.63. The van der Waals surface area contributed by atoms with Gasteiger partial charge < -0.3 is 15.4 Å². The molecule has 3 atom stereocenters. The molecule has 1 aromatic rings. The lowest BCUT2D eigenvalue weighted by Crippen LogP contribution is -2.45. The third kappa shape index (κ3) is 3.85. The van der Waals surface area contributed by atoms with Crippen LogP contribution >= 0.6 is 11.6 Å². The molecule has 1 heterocycles. The summed E-state index contributed by atoms with van der Waals surface area (Å²) in [6, 6.07) is 6.41. The highest BCUT2D eigenvalue weighted by Crippen LogP contribution is 2.29. The van der Waals surface area contributed by atoms with Crippen molar-refractivity contribution in [3.8, 4) is 0 Å². The minimum absolute atomic E-state index is 0.158. The molecule has 4 heteroatoms. The zero-order chi connectivity index (χ0) is 14.0. The van der Waals surface area contributed by atoms with Crippen LogP contribution in [0.2, 0.25) is 5.02 Å². The molecule has 0 radical (unpaired) electrons. The van der Waals surface area contributed by atoms with Gasteiger partial charge in [0.1, 0.15) is 0 Å². The lowest BCUT2D eigenvalue weighted by atomic mass is 10.1. The van der Waals surface area contributed by atoms with Gasteiger partial charge in [-0.3, -0.25) is 0 Å².